The number of fused-ring (bicyclic) bond motifs is 1. The molecule has 5 heteroatoms. The van der Waals surface area contributed by atoms with Gasteiger partial charge in [0.05, 0.1) is 17.9 Å². The van der Waals surface area contributed by atoms with E-state index in [9.17, 15) is 4.79 Å². The van der Waals surface area contributed by atoms with Crippen molar-refractivity contribution in [2.24, 2.45) is 0 Å². The third kappa shape index (κ3) is 2.32. The molecule has 0 radical (unpaired) electrons. The van der Waals surface area contributed by atoms with Crippen molar-refractivity contribution in [1.29, 1.82) is 0 Å². The van der Waals surface area contributed by atoms with Crippen LogP contribution in [0.15, 0.2) is 29.6 Å². The van der Waals surface area contributed by atoms with E-state index in [-0.39, 0.29) is 11.3 Å². The molecule has 1 atom stereocenters. The lowest BCUT2D eigenvalue weighted by molar-refractivity contribution is -0.119. The highest BCUT2D eigenvalue weighted by Gasteiger charge is 2.38. The monoisotopic (exact) mass is 321 g/mol. The first-order valence-corrected chi connectivity index (χ1v) is 7.97. The molecule has 0 saturated carbocycles. The van der Waals surface area contributed by atoms with Gasteiger partial charge in [-0.05, 0) is 37.1 Å². The molecule has 0 aliphatic carbocycles. The number of anilines is 1. The number of carbonyl (C=O) groups excluding carboxylic acids is 1. The smallest absolute Gasteiger partial charge is 0.234 e. The van der Waals surface area contributed by atoms with Crippen LogP contribution in [0, 0.1) is 0 Å². The Labute approximate surface area is 132 Å². The lowest BCUT2D eigenvalue weighted by atomic mass is 9.85. The number of benzene rings is 1. The molecule has 0 saturated heterocycles. The van der Waals surface area contributed by atoms with E-state index in [4.69, 9.17) is 16.3 Å². The fraction of sp³-hybridized carbons (Fsp3) is 0.312. The zero-order chi connectivity index (χ0) is 15.2. The summed E-state index contributed by atoms with van der Waals surface area (Å²) >= 11 is 8.15. The molecule has 1 aromatic heterocycles. The summed E-state index contributed by atoms with van der Waals surface area (Å²) in [5.74, 6) is 0.845. The lowest BCUT2D eigenvalue weighted by Crippen LogP contribution is -2.26. The maximum absolute atomic E-state index is 12.0. The first-order chi connectivity index (χ1) is 9.93. The van der Waals surface area contributed by atoms with Crippen molar-refractivity contribution in [3.8, 4) is 5.75 Å². The van der Waals surface area contributed by atoms with E-state index in [0.717, 1.165) is 27.4 Å². The van der Waals surface area contributed by atoms with E-state index in [1.807, 2.05) is 43.5 Å². The average molecular weight is 322 g/mol. The Morgan fingerprint density at radius 2 is 2.10 bits per heavy atom. The van der Waals surface area contributed by atoms with Crippen LogP contribution in [0.4, 0.5) is 5.69 Å². The highest BCUT2D eigenvalue weighted by molar-refractivity contribution is 7.10. The lowest BCUT2D eigenvalue weighted by Gasteiger charge is -2.17. The molecule has 0 spiro atoms. The van der Waals surface area contributed by atoms with Gasteiger partial charge in [0.25, 0.3) is 0 Å². The molecule has 3 nitrogen and oxygen atoms in total. The Morgan fingerprint density at radius 1 is 1.33 bits per heavy atom. The molecule has 2 heterocycles. The van der Waals surface area contributed by atoms with Gasteiger partial charge in [0.15, 0.2) is 0 Å². The van der Waals surface area contributed by atoms with E-state index in [2.05, 4.69) is 5.32 Å². The van der Waals surface area contributed by atoms with Gasteiger partial charge < -0.3 is 10.1 Å². The quantitative estimate of drug-likeness (QED) is 0.855. The van der Waals surface area contributed by atoms with Crippen LogP contribution < -0.4 is 10.1 Å². The normalized spacial score (nSPS) is 17.2. The summed E-state index contributed by atoms with van der Waals surface area (Å²) in [6.07, 6.45) is 0. The summed E-state index contributed by atoms with van der Waals surface area (Å²) in [4.78, 5) is 13.0. The minimum atomic E-state index is -0.519. The molecule has 3 rings (SSSR count). The molecule has 1 aliphatic heterocycles. The number of thiophene rings is 1. The van der Waals surface area contributed by atoms with Crippen molar-refractivity contribution in [3.05, 3.63) is 45.6 Å². The number of ether oxygens (including phenoxy) is 1. The number of alkyl halides is 1. The van der Waals surface area contributed by atoms with Gasteiger partial charge >= 0.3 is 0 Å². The summed E-state index contributed by atoms with van der Waals surface area (Å²) in [6.45, 7) is 3.85. The number of hydrogen-bond donors (Lipinski definition) is 1. The van der Waals surface area contributed by atoms with Gasteiger partial charge in [0, 0.05) is 15.9 Å². The summed E-state index contributed by atoms with van der Waals surface area (Å²) in [5, 5.41) is 4.60. The van der Waals surface area contributed by atoms with Crippen LogP contribution in [0.5, 0.6) is 5.75 Å². The van der Waals surface area contributed by atoms with Crippen LogP contribution in [0.25, 0.3) is 0 Å². The second kappa shape index (κ2) is 5.04. The number of halogens is 1. The first-order valence-electron chi connectivity index (χ1n) is 6.66. The second-order valence-corrected chi connectivity index (χ2v) is 7.01. The first kappa shape index (κ1) is 14.4. The third-order valence-electron chi connectivity index (χ3n) is 3.91. The van der Waals surface area contributed by atoms with Crippen LogP contribution in [0.2, 0.25) is 0 Å². The van der Waals surface area contributed by atoms with Crippen molar-refractivity contribution in [3.63, 3.8) is 0 Å². The van der Waals surface area contributed by atoms with E-state index >= 15 is 0 Å². The zero-order valence-electron chi connectivity index (χ0n) is 12.1. The Bertz CT molecular complexity index is 708. The molecule has 1 aliphatic rings. The van der Waals surface area contributed by atoms with Gasteiger partial charge in [-0.25, -0.2) is 0 Å². The summed E-state index contributed by atoms with van der Waals surface area (Å²) in [5.41, 5.74) is 2.35. The predicted molar refractivity (Wildman–Crippen MR) is 86.7 cm³/mol. The van der Waals surface area contributed by atoms with Gasteiger partial charge in [-0.3, -0.25) is 4.79 Å². The molecular weight excluding hydrogens is 306 g/mol. The Hall–Kier alpha value is -1.52. The maximum Gasteiger partial charge on any atom is 0.234 e. The average Bonchev–Trinajstić information content (AvgIpc) is 3.02. The molecule has 1 unspecified atom stereocenters. The number of hydrogen-bond acceptors (Lipinski definition) is 3. The van der Waals surface area contributed by atoms with Crippen LogP contribution in [0.1, 0.15) is 35.2 Å². The molecule has 21 heavy (non-hydrogen) atoms. The maximum atomic E-state index is 12.0. The van der Waals surface area contributed by atoms with E-state index in [0.29, 0.717) is 0 Å². The van der Waals surface area contributed by atoms with E-state index in [1.54, 1.807) is 18.4 Å². The van der Waals surface area contributed by atoms with Gasteiger partial charge in [0.1, 0.15) is 5.75 Å². The molecule has 0 bridgehead atoms. The largest absolute Gasteiger partial charge is 0.496 e. The van der Waals surface area contributed by atoms with Crippen molar-refractivity contribution < 1.29 is 9.53 Å². The highest BCUT2D eigenvalue weighted by atomic mass is 35.5. The molecule has 2 aromatic rings. The van der Waals surface area contributed by atoms with Crippen LogP contribution >= 0.6 is 22.9 Å². The Kier molecular flexibility index (Phi) is 3.46. The van der Waals surface area contributed by atoms with Gasteiger partial charge in [0.2, 0.25) is 5.91 Å². The number of rotatable bonds is 3. The van der Waals surface area contributed by atoms with Crippen molar-refractivity contribution in [2.45, 2.75) is 24.6 Å². The van der Waals surface area contributed by atoms with Crippen LogP contribution in [0.3, 0.4) is 0 Å². The third-order valence-corrected chi connectivity index (χ3v) is 5.50. The number of amides is 1. The Morgan fingerprint density at radius 3 is 2.76 bits per heavy atom. The second-order valence-electron chi connectivity index (χ2n) is 5.64. The number of carbonyl (C=O) groups is 1. The summed E-state index contributed by atoms with van der Waals surface area (Å²) in [7, 11) is 1.64. The van der Waals surface area contributed by atoms with E-state index < -0.39 is 5.41 Å². The molecule has 0 fully saturated rings. The van der Waals surface area contributed by atoms with Gasteiger partial charge in [-0.2, -0.15) is 0 Å². The topological polar surface area (TPSA) is 38.3 Å². The molecule has 110 valence electrons. The Balaban J connectivity index is 1.98. The molecule has 1 aromatic carbocycles. The number of methoxy groups -OCH3 is 1. The minimum Gasteiger partial charge on any atom is -0.496 e. The highest BCUT2D eigenvalue weighted by Crippen LogP contribution is 2.42. The van der Waals surface area contributed by atoms with Crippen LogP contribution in [-0.4, -0.2) is 13.0 Å². The minimum absolute atomic E-state index is 0.0264. The van der Waals surface area contributed by atoms with Crippen LogP contribution in [-0.2, 0) is 10.2 Å². The SMILES string of the molecule is COc1csc(C(Cl)c2ccc3c(c2)C(C)(C)C(=O)N3)c1. The van der Waals surface area contributed by atoms with Crippen molar-refractivity contribution in [2.75, 3.05) is 12.4 Å². The van der Waals surface area contributed by atoms with Crippen molar-refractivity contribution in [1.82, 2.24) is 0 Å². The standard InChI is InChI=1S/C16H16ClNO2S/c1-16(2)11-6-9(4-5-12(11)18-15(16)19)14(17)13-7-10(20-3)8-21-13/h4-8,14H,1-3H3,(H,18,19). The molecule has 1 amide bonds. The van der Waals surface area contributed by atoms with E-state index in [1.165, 1.54) is 0 Å². The molecular formula is C16H16ClNO2S. The fourth-order valence-electron chi connectivity index (χ4n) is 2.49. The number of nitrogens with one attached hydrogen (secondary N) is 1. The zero-order valence-corrected chi connectivity index (χ0v) is 13.6. The van der Waals surface area contributed by atoms with Gasteiger partial charge in [-0.1, -0.05) is 12.1 Å². The fourth-order valence-corrected chi connectivity index (χ4v) is 3.69. The predicted octanol–water partition coefficient (Wildman–Crippen LogP) is 4.31. The van der Waals surface area contributed by atoms with Crippen molar-refractivity contribution >= 4 is 34.5 Å². The van der Waals surface area contributed by atoms with Gasteiger partial charge in [-0.15, -0.1) is 22.9 Å². The summed E-state index contributed by atoms with van der Waals surface area (Å²) in [6, 6.07) is 7.86. The molecule has 1 N–H and O–H groups in total. The summed E-state index contributed by atoms with van der Waals surface area (Å²) < 4.78 is 5.20.